The first-order valence-electron chi connectivity index (χ1n) is 13.9. The van der Waals surface area contributed by atoms with E-state index in [1.165, 1.54) is 25.1 Å². The van der Waals surface area contributed by atoms with Gasteiger partial charge in [-0.2, -0.15) is 0 Å². The van der Waals surface area contributed by atoms with Crippen LogP contribution >= 0.6 is 12.4 Å². The molecule has 2 aromatic rings. The van der Waals surface area contributed by atoms with Crippen molar-refractivity contribution < 1.29 is 29.0 Å². The quantitative estimate of drug-likeness (QED) is 0.291. The van der Waals surface area contributed by atoms with Crippen molar-refractivity contribution >= 4 is 59.9 Å². The van der Waals surface area contributed by atoms with Gasteiger partial charge in [0.05, 0.1) is 6.10 Å². The Morgan fingerprint density at radius 1 is 0.929 bits per heavy atom. The molecule has 3 aliphatic heterocycles. The Labute approximate surface area is 250 Å². The summed E-state index contributed by atoms with van der Waals surface area (Å²) < 4.78 is 5.73. The van der Waals surface area contributed by atoms with Gasteiger partial charge in [-0.05, 0) is 65.8 Å². The Balaban J connectivity index is 0.000000247. The highest BCUT2D eigenvalue weighted by Crippen LogP contribution is 2.22. The molecule has 42 heavy (non-hydrogen) atoms. The Bertz CT molecular complexity index is 1360. The van der Waals surface area contributed by atoms with E-state index in [9.17, 15) is 19.2 Å². The summed E-state index contributed by atoms with van der Waals surface area (Å²) in [6, 6.07) is 3.81. The van der Waals surface area contributed by atoms with Crippen molar-refractivity contribution in [3.63, 3.8) is 0 Å². The number of carboxylic acids is 1. The van der Waals surface area contributed by atoms with Crippen molar-refractivity contribution in [2.75, 3.05) is 30.3 Å². The van der Waals surface area contributed by atoms with Crippen LogP contribution in [-0.2, 0) is 36.8 Å². The molecule has 0 saturated carbocycles. The number of carbonyl (C=O) groups is 4. The van der Waals surface area contributed by atoms with Crippen molar-refractivity contribution in [1.82, 2.24) is 14.9 Å². The maximum absolute atomic E-state index is 12.2. The minimum atomic E-state index is -0.994. The molecule has 3 aliphatic rings. The second kappa shape index (κ2) is 15.8. The Hall–Kier alpha value is -4.09. The topological polar surface area (TPSA) is 151 Å². The molecule has 0 spiro atoms. The molecule has 5 heterocycles. The smallest absolute Gasteiger partial charge is 0.328 e. The summed E-state index contributed by atoms with van der Waals surface area (Å²) in [6.07, 6.45) is 15.0. The van der Waals surface area contributed by atoms with Crippen LogP contribution < -0.4 is 10.6 Å². The van der Waals surface area contributed by atoms with Gasteiger partial charge < -0.3 is 25.4 Å². The summed E-state index contributed by atoms with van der Waals surface area (Å²) in [5, 5.41) is 13.9. The molecule has 0 atom stereocenters. The maximum Gasteiger partial charge on any atom is 0.328 e. The Morgan fingerprint density at radius 3 is 2.00 bits per heavy atom. The number of ether oxygens (including phenoxy) is 1. The molecule has 12 heteroatoms. The average Bonchev–Trinajstić information content (AvgIpc) is 2.94. The molecule has 0 radical (unpaired) electrons. The van der Waals surface area contributed by atoms with Crippen LogP contribution in [0.4, 0.5) is 11.6 Å². The molecule has 1 fully saturated rings. The van der Waals surface area contributed by atoms with Gasteiger partial charge in [0, 0.05) is 57.1 Å². The van der Waals surface area contributed by atoms with Gasteiger partial charge in [0.15, 0.2) is 0 Å². The van der Waals surface area contributed by atoms with Crippen molar-refractivity contribution in [1.29, 1.82) is 0 Å². The number of nitrogens with one attached hydrogen (secondary N) is 2. The lowest BCUT2D eigenvalue weighted by atomic mass is 10.0. The fraction of sp³-hybridized carbons (Fsp3) is 0.400. The van der Waals surface area contributed by atoms with Crippen molar-refractivity contribution in [2.24, 2.45) is 0 Å². The highest BCUT2D eigenvalue weighted by molar-refractivity contribution is 5.94. The van der Waals surface area contributed by atoms with E-state index in [-0.39, 0.29) is 36.2 Å². The second-order valence-corrected chi connectivity index (χ2v) is 10.1. The molecule has 3 N–H and O–H groups in total. The number of likely N-dealkylation sites (tertiary alicyclic amines) is 1. The minimum Gasteiger partial charge on any atom is -0.478 e. The van der Waals surface area contributed by atoms with Crippen LogP contribution in [0.3, 0.4) is 0 Å². The van der Waals surface area contributed by atoms with E-state index in [1.54, 1.807) is 23.2 Å². The molecule has 5 rings (SSSR count). The van der Waals surface area contributed by atoms with E-state index >= 15 is 0 Å². The standard InChI is InChI=1S/C19H25N3O3.C11H10N2O3.ClH/c1-2-3-4-9-25-16-12-22(13-16)18(24)8-5-14-10-15-6-7-17(23)21-19(15)20-11-14;14-9-3-2-8-5-7(1-4-10(15)16)6-12-11(8)13-9;/h5,8,10-11,16H,2-4,6-7,9,12-13H2,1H3,(H,20,21,23);1,4-6H,2-3H2,(H,15,16)(H,12,13,14);1H/b8-5+;4-1+;. The molecule has 0 unspecified atom stereocenters. The first kappa shape index (κ1) is 32.4. The van der Waals surface area contributed by atoms with E-state index in [0.29, 0.717) is 50.4 Å². The number of halogens is 1. The molecule has 224 valence electrons. The van der Waals surface area contributed by atoms with E-state index in [4.69, 9.17) is 9.84 Å². The number of hydrogen-bond acceptors (Lipinski definition) is 7. The number of anilines is 2. The van der Waals surface area contributed by atoms with E-state index in [2.05, 4.69) is 27.5 Å². The fourth-order valence-electron chi connectivity index (χ4n) is 4.50. The number of aliphatic carboxylic acids is 1. The van der Waals surface area contributed by atoms with Crippen molar-refractivity contribution in [3.8, 4) is 0 Å². The van der Waals surface area contributed by atoms with Gasteiger partial charge in [-0.1, -0.05) is 19.8 Å². The van der Waals surface area contributed by atoms with Gasteiger partial charge >= 0.3 is 5.97 Å². The number of nitrogens with zero attached hydrogens (tertiary/aromatic N) is 3. The third-order valence-electron chi connectivity index (χ3n) is 6.83. The van der Waals surface area contributed by atoms with E-state index in [1.807, 2.05) is 12.1 Å². The van der Waals surface area contributed by atoms with Gasteiger partial charge in [0.25, 0.3) is 0 Å². The molecular weight excluding hydrogens is 562 g/mol. The first-order chi connectivity index (χ1) is 19.8. The molecule has 1 saturated heterocycles. The highest BCUT2D eigenvalue weighted by atomic mass is 35.5. The van der Waals surface area contributed by atoms with Crippen molar-refractivity contribution in [3.05, 3.63) is 58.9 Å². The predicted molar refractivity (Wildman–Crippen MR) is 161 cm³/mol. The molecule has 2 aromatic heterocycles. The van der Waals surface area contributed by atoms with Crippen LogP contribution in [0.25, 0.3) is 12.2 Å². The molecule has 0 aliphatic carbocycles. The number of aryl methyl sites for hydroxylation is 2. The number of fused-ring (bicyclic) bond motifs is 2. The number of aromatic nitrogens is 2. The zero-order valence-electron chi connectivity index (χ0n) is 23.5. The monoisotopic (exact) mass is 597 g/mol. The molecule has 3 amide bonds. The number of pyridine rings is 2. The van der Waals surface area contributed by atoms with Gasteiger partial charge in [0.2, 0.25) is 17.7 Å². The van der Waals surface area contributed by atoms with Crippen LogP contribution in [0.1, 0.15) is 61.3 Å². The summed E-state index contributed by atoms with van der Waals surface area (Å²) in [5.41, 5.74) is 3.54. The largest absolute Gasteiger partial charge is 0.478 e. The summed E-state index contributed by atoms with van der Waals surface area (Å²) >= 11 is 0. The second-order valence-electron chi connectivity index (χ2n) is 10.1. The van der Waals surface area contributed by atoms with Gasteiger partial charge in [-0.3, -0.25) is 14.4 Å². The number of unbranched alkanes of at least 4 members (excludes halogenated alkanes) is 2. The zero-order chi connectivity index (χ0) is 29.2. The van der Waals surface area contributed by atoms with Crippen LogP contribution in [0.15, 0.2) is 36.7 Å². The van der Waals surface area contributed by atoms with Crippen LogP contribution in [0.2, 0.25) is 0 Å². The molecular formula is C30H36ClN5O6. The number of rotatable bonds is 9. The predicted octanol–water partition coefficient (Wildman–Crippen LogP) is 3.88. The van der Waals surface area contributed by atoms with E-state index in [0.717, 1.165) is 41.4 Å². The highest BCUT2D eigenvalue weighted by Gasteiger charge is 2.29. The van der Waals surface area contributed by atoms with Crippen LogP contribution in [0.5, 0.6) is 0 Å². The molecule has 11 nitrogen and oxygen atoms in total. The van der Waals surface area contributed by atoms with Gasteiger partial charge in [-0.25, -0.2) is 14.8 Å². The third kappa shape index (κ3) is 9.49. The lowest BCUT2D eigenvalue weighted by Gasteiger charge is -2.38. The normalized spacial score (nSPS) is 15.9. The number of carboxylic acid groups (broad SMARTS) is 1. The average molecular weight is 598 g/mol. The summed E-state index contributed by atoms with van der Waals surface area (Å²) in [5.74, 6) is 0.177. The van der Waals surface area contributed by atoms with Gasteiger partial charge in [-0.15, -0.1) is 12.4 Å². The van der Waals surface area contributed by atoms with Crippen molar-refractivity contribution in [2.45, 2.75) is 58.0 Å². The fourth-order valence-corrected chi connectivity index (χ4v) is 4.50. The summed E-state index contributed by atoms with van der Waals surface area (Å²) in [4.78, 5) is 55.0. The number of amides is 3. The SMILES string of the molecule is CCCCCOC1CN(C(=O)/C=C/c2cnc3c(c2)CCC(=O)N3)C1.Cl.O=C(O)/C=C/c1cnc2c(c1)CCC(=O)N2. The summed E-state index contributed by atoms with van der Waals surface area (Å²) in [7, 11) is 0. The number of hydrogen-bond donors (Lipinski definition) is 3. The molecule has 0 aromatic carbocycles. The van der Waals surface area contributed by atoms with Crippen LogP contribution in [-0.4, -0.2) is 69.5 Å². The zero-order valence-corrected chi connectivity index (χ0v) is 24.3. The lowest BCUT2D eigenvalue weighted by molar-refractivity contribution is -0.139. The van der Waals surface area contributed by atoms with E-state index < -0.39 is 5.97 Å². The summed E-state index contributed by atoms with van der Waals surface area (Å²) in [6.45, 7) is 4.30. The van der Waals surface area contributed by atoms with Crippen LogP contribution in [0, 0.1) is 0 Å². The number of carbonyl (C=O) groups excluding carboxylic acids is 3. The Kier molecular flexibility index (Phi) is 12.2. The lowest BCUT2D eigenvalue weighted by Crippen LogP contribution is -2.54. The minimum absolute atomic E-state index is 0. The first-order valence-corrected chi connectivity index (χ1v) is 13.9. The van der Waals surface area contributed by atoms with Gasteiger partial charge in [0.1, 0.15) is 11.6 Å². The molecule has 0 bridgehead atoms. The third-order valence-corrected chi connectivity index (χ3v) is 6.83. The Morgan fingerprint density at radius 2 is 1.48 bits per heavy atom. The maximum atomic E-state index is 12.2.